The Bertz CT molecular complexity index is 476. The fraction of sp³-hybridized carbons (Fsp3) is 0.143. The van der Waals surface area contributed by atoms with Gasteiger partial charge in [0.1, 0.15) is 11.9 Å². The van der Waals surface area contributed by atoms with Crippen molar-refractivity contribution >= 4 is 0 Å². The lowest BCUT2D eigenvalue weighted by Gasteiger charge is -2.12. The maximum Gasteiger partial charge on any atom is 0.129 e. The molecule has 0 aliphatic heterocycles. The monoisotopic (exact) mass is 216 g/mol. The fourth-order valence-corrected chi connectivity index (χ4v) is 1.63. The molecule has 0 aliphatic rings. The predicted octanol–water partition coefficient (Wildman–Crippen LogP) is 3.22. The van der Waals surface area contributed by atoms with E-state index in [1.807, 2.05) is 31.2 Å². The molecule has 0 aliphatic carbocycles. The SMILES string of the molecule is Cc1ccc([C@H](O)c2ccccc2F)cc1. The van der Waals surface area contributed by atoms with Crippen molar-refractivity contribution in [1.29, 1.82) is 0 Å². The molecule has 2 rings (SSSR count). The number of aryl methyl sites for hydroxylation is 1. The second-order valence-electron chi connectivity index (χ2n) is 3.83. The van der Waals surface area contributed by atoms with Crippen LogP contribution >= 0.6 is 0 Å². The lowest BCUT2D eigenvalue weighted by atomic mass is 10.0. The van der Waals surface area contributed by atoms with E-state index in [1.54, 1.807) is 18.2 Å². The lowest BCUT2D eigenvalue weighted by Crippen LogP contribution is -2.02. The van der Waals surface area contributed by atoms with E-state index < -0.39 is 6.10 Å². The Hall–Kier alpha value is -1.67. The van der Waals surface area contributed by atoms with Crippen molar-refractivity contribution < 1.29 is 9.50 Å². The summed E-state index contributed by atoms with van der Waals surface area (Å²) in [7, 11) is 0. The third-order valence-corrected chi connectivity index (χ3v) is 2.59. The van der Waals surface area contributed by atoms with Gasteiger partial charge >= 0.3 is 0 Å². The van der Waals surface area contributed by atoms with E-state index in [4.69, 9.17) is 0 Å². The summed E-state index contributed by atoms with van der Waals surface area (Å²) >= 11 is 0. The summed E-state index contributed by atoms with van der Waals surface area (Å²) in [6.45, 7) is 1.97. The molecule has 0 spiro atoms. The first-order valence-corrected chi connectivity index (χ1v) is 5.17. The highest BCUT2D eigenvalue weighted by Crippen LogP contribution is 2.24. The Labute approximate surface area is 94.2 Å². The first kappa shape index (κ1) is 10.8. The molecule has 0 bridgehead atoms. The van der Waals surface area contributed by atoms with Crippen LogP contribution in [0.2, 0.25) is 0 Å². The molecule has 0 unspecified atom stereocenters. The van der Waals surface area contributed by atoms with Crippen molar-refractivity contribution in [3.8, 4) is 0 Å². The second-order valence-corrected chi connectivity index (χ2v) is 3.83. The highest BCUT2D eigenvalue weighted by atomic mass is 19.1. The molecule has 82 valence electrons. The highest BCUT2D eigenvalue weighted by molar-refractivity contribution is 5.32. The van der Waals surface area contributed by atoms with Crippen molar-refractivity contribution in [3.63, 3.8) is 0 Å². The smallest absolute Gasteiger partial charge is 0.129 e. The van der Waals surface area contributed by atoms with Gasteiger partial charge in [0.05, 0.1) is 0 Å². The van der Waals surface area contributed by atoms with Gasteiger partial charge in [0.25, 0.3) is 0 Å². The molecule has 0 heterocycles. The lowest BCUT2D eigenvalue weighted by molar-refractivity contribution is 0.215. The molecule has 0 radical (unpaired) electrons. The maximum atomic E-state index is 13.4. The summed E-state index contributed by atoms with van der Waals surface area (Å²) in [4.78, 5) is 0. The van der Waals surface area contributed by atoms with Crippen molar-refractivity contribution in [2.45, 2.75) is 13.0 Å². The van der Waals surface area contributed by atoms with Gasteiger partial charge in [-0.3, -0.25) is 0 Å². The molecule has 16 heavy (non-hydrogen) atoms. The number of aliphatic hydroxyl groups excluding tert-OH is 1. The van der Waals surface area contributed by atoms with Crippen LogP contribution in [0.15, 0.2) is 48.5 Å². The standard InChI is InChI=1S/C14H13FO/c1-10-6-8-11(9-7-10)14(16)12-4-2-3-5-13(12)15/h2-9,14,16H,1H3/t14-/m0/s1. The molecule has 1 N–H and O–H groups in total. The number of hydrogen-bond acceptors (Lipinski definition) is 1. The van der Waals surface area contributed by atoms with Gasteiger partial charge in [-0.15, -0.1) is 0 Å². The minimum Gasteiger partial charge on any atom is -0.384 e. The van der Waals surface area contributed by atoms with Gasteiger partial charge in [-0.2, -0.15) is 0 Å². The third-order valence-electron chi connectivity index (χ3n) is 2.59. The van der Waals surface area contributed by atoms with Gasteiger partial charge in [0.2, 0.25) is 0 Å². The summed E-state index contributed by atoms with van der Waals surface area (Å²) in [5, 5.41) is 10.0. The van der Waals surface area contributed by atoms with Crippen LogP contribution in [0.25, 0.3) is 0 Å². The van der Waals surface area contributed by atoms with Crippen LogP contribution in [0.5, 0.6) is 0 Å². The van der Waals surface area contributed by atoms with Gasteiger partial charge < -0.3 is 5.11 Å². The molecule has 0 aromatic heterocycles. The third kappa shape index (κ3) is 2.12. The van der Waals surface area contributed by atoms with Crippen molar-refractivity contribution in [1.82, 2.24) is 0 Å². The van der Waals surface area contributed by atoms with Crippen LogP contribution < -0.4 is 0 Å². The molecule has 2 aromatic carbocycles. The fourth-order valence-electron chi connectivity index (χ4n) is 1.63. The summed E-state index contributed by atoms with van der Waals surface area (Å²) in [6.07, 6.45) is -0.901. The van der Waals surface area contributed by atoms with Gasteiger partial charge in [0, 0.05) is 5.56 Å². The Morgan fingerprint density at radius 1 is 1.00 bits per heavy atom. The van der Waals surface area contributed by atoms with Crippen molar-refractivity contribution in [2.75, 3.05) is 0 Å². The Kier molecular flexibility index (Phi) is 3.02. The first-order chi connectivity index (χ1) is 7.68. The number of rotatable bonds is 2. The van der Waals surface area contributed by atoms with E-state index >= 15 is 0 Å². The first-order valence-electron chi connectivity index (χ1n) is 5.17. The number of aliphatic hydroxyl groups is 1. The van der Waals surface area contributed by atoms with Gasteiger partial charge in [-0.25, -0.2) is 4.39 Å². The maximum absolute atomic E-state index is 13.4. The average molecular weight is 216 g/mol. The summed E-state index contributed by atoms with van der Waals surface area (Å²) in [6, 6.07) is 13.7. The van der Waals surface area contributed by atoms with E-state index in [1.165, 1.54) is 6.07 Å². The zero-order chi connectivity index (χ0) is 11.5. The van der Waals surface area contributed by atoms with Crippen LogP contribution in [0, 0.1) is 12.7 Å². The summed E-state index contributed by atoms with van der Waals surface area (Å²) < 4.78 is 13.4. The molecule has 2 aromatic rings. The Morgan fingerprint density at radius 3 is 2.25 bits per heavy atom. The summed E-state index contributed by atoms with van der Waals surface area (Å²) in [5.74, 6) is -0.379. The number of halogens is 1. The minimum absolute atomic E-state index is 0.311. The van der Waals surface area contributed by atoms with Crippen LogP contribution in [-0.4, -0.2) is 5.11 Å². The van der Waals surface area contributed by atoms with Crippen molar-refractivity contribution in [2.24, 2.45) is 0 Å². The molecule has 2 heteroatoms. The Morgan fingerprint density at radius 2 is 1.62 bits per heavy atom. The zero-order valence-electron chi connectivity index (χ0n) is 9.02. The molecule has 0 saturated heterocycles. The molecule has 0 fully saturated rings. The highest BCUT2D eigenvalue weighted by Gasteiger charge is 2.13. The van der Waals surface area contributed by atoms with Crippen LogP contribution in [0.3, 0.4) is 0 Å². The van der Waals surface area contributed by atoms with Crippen molar-refractivity contribution in [3.05, 3.63) is 71.0 Å². The van der Waals surface area contributed by atoms with E-state index in [2.05, 4.69) is 0 Å². The van der Waals surface area contributed by atoms with Crippen LogP contribution in [0.4, 0.5) is 4.39 Å². The van der Waals surface area contributed by atoms with E-state index in [-0.39, 0.29) is 5.82 Å². The molecular formula is C14H13FO. The molecule has 0 saturated carbocycles. The van der Waals surface area contributed by atoms with Crippen LogP contribution in [-0.2, 0) is 0 Å². The van der Waals surface area contributed by atoms with Gasteiger partial charge in [0.15, 0.2) is 0 Å². The number of hydrogen-bond donors (Lipinski definition) is 1. The normalized spacial score (nSPS) is 12.4. The predicted molar refractivity (Wildman–Crippen MR) is 61.6 cm³/mol. The largest absolute Gasteiger partial charge is 0.384 e. The quantitative estimate of drug-likeness (QED) is 0.817. The van der Waals surface area contributed by atoms with Crippen LogP contribution in [0.1, 0.15) is 22.8 Å². The van der Waals surface area contributed by atoms with E-state index in [9.17, 15) is 9.50 Å². The number of benzene rings is 2. The second kappa shape index (κ2) is 4.45. The molecule has 1 nitrogen and oxygen atoms in total. The minimum atomic E-state index is -0.901. The molecule has 0 amide bonds. The Balaban J connectivity index is 2.35. The topological polar surface area (TPSA) is 20.2 Å². The average Bonchev–Trinajstić information content (AvgIpc) is 2.30. The van der Waals surface area contributed by atoms with Gasteiger partial charge in [-0.05, 0) is 18.6 Å². The van der Waals surface area contributed by atoms with E-state index in [0.717, 1.165) is 5.56 Å². The van der Waals surface area contributed by atoms with Gasteiger partial charge in [-0.1, -0.05) is 48.0 Å². The molecule has 1 atom stereocenters. The molecular weight excluding hydrogens is 203 g/mol. The van der Waals surface area contributed by atoms with E-state index in [0.29, 0.717) is 11.1 Å². The summed E-state index contributed by atoms with van der Waals surface area (Å²) in [5.41, 5.74) is 2.13. The zero-order valence-corrected chi connectivity index (χ0v) is 9.02.